The van der Waals surface area contributed by atoms with E-state index < -0.39 is 5.63 Å². The van der Waals surface area contributed by atoms with Crippen molar-refractivity contribution < 1.29 is 13.9 Å². The zero-order valence-corrected chi connectivity index (χ0v) is 15.7. The van der Waals surface area contributed by atoms with Gasteiger partial charge in [-0.05, 0) is 42.0 Å². The molecule has 26 heavy (non-hydrogen) atoms. The lowest BCUT2D eigenvalue weighted by Crippen LogP contribution is -2.20. The van der Waals surface area contributed by atoms with Crippen molar-refractivity contribution in [2.75, 3.05) is 12.4 Å². The average molecular weight is 407 g/mol. The first-order valence-electron chi connectivity index (χ1n) is 7.83. The Morgan fingerprint density at radius 2 is 2.04 bits per heavy atom. The number of Topliss-reactive ketones (excluding diaryl/α,β-unsaturated/α-hetero) is 1. The standard InChI is InChI=1S/C19H12Cl2O4S/c20-10-1-3-16(13(21)7-10)24-8-14(22)12-9-26-17-5-4-15-11(19(12)17)2-6-18(23)25-15/h1-7,12H,8-9H2. The summed E-state index contributed by atoms with van der Waals surface area (Å²) < 4.78 is 10.8. The molecule has 0 saturated heterocycles. The number of hydrogen-bond donors (Lipinski definition) is 0. The van der Waals surface area contributed by atoms with Crippen LogP contribution in [0.25, 0.3) is 11.0 Å². The number of carbonyl (C=O) groups excluding carboxylic acids is 1. The number of ketones is 1. The van der Waals surface area contributed by atoms with Gasteiger partial charge >= 0.3 is 5.63 Å². The van der Waals surface area contributed by atoms with Crippen LogP contribution in [0.1, 0.15) is 11.5 Å². The normalized spacial score (nSPS) is 15.8. The Morgan fingerprint density at radius 3 is 2.85 bits per heavy atom. The van der Waals surface area contributed by atoms with Crippen LogP contribution < -0.4 is 10.4 Å². The summed E-state index contributed by atoms with van der Waals surface area (Å²) in [6.07, 6.45) is 0. The smallest absolute Gasteiger partial charge is 0.336 e. The molecular formula is C19H12Cl2O4S. The number of hydrogen-bond acceptors (Lipinski definition) is 5. The molecule has 1 aliphatic heterocycles. The zero-order valence-electron chi connectivity index (χ0n) is 13.3. The summed E-state index contributed by atoms with van der Waals surface area (Å²) in [5.41, 5.74) is 0.969. The second kappa shape index (κ2) is 6.99. The Hall–Kier alpha value is -1.95. The molecule has 1 aliphatic rings. The summed E-state index contributed by atoms with van der Waals surface area (Å²) in [5.74, 6) is 0.669. The van der Waals surface area contributed by atoms with Gasteiger partial charge < -0.3 is 9.15 Å². The highest BCUT2D eigenvalue weighted by Gasteiger charge is 2.31. The van der Waals surface area contributed by atoms with Crippen molar-refractivity contribution in [3.63, 3.8) is 0 Å². The van der Waals surface area contributed by atoms with E-state index in [0.717, 1.165) is 15.8 Å². The second-order valence-electron chi connectivity index (χ2n) is 5.84. The molecule has 0 saturated carbocycles. The highest BCUT2D eigenvalue weighted by Crippen LogP contribution is 2.43. The molecule has 0 bridgehead atoms. The summed E-state index contributed by atoms with van der Waals surface area (Å²) >= 11 is 13.6. The summed E-state index contributed by atoms with van der Waals surface area (Å²) in [4.78, 5) is 25.2. The molecule has 3 aromatic rings. The Labute approximate surface area is 163 Å². The molecule has 7 heteroatoms. The van der Waals surface area contributed by atoms with E-state index in [9.17, 15) is 9.59 Å². The predicted molar refractivity (Wildman–Crippen MR) is 103 cm³/mol. The third kappa shape index (κ3) is 3.22. The lowest BCUT2D eigenvalue weighted by atomic mass is 9.94. The van der Waals surface area contributed by atoms with Crippen molar-refractivity contribution in [1.29, 1.82) is 0 Å². The van der Waals surface area contributed by atoms with Crippen molar-refractivity contribution >= 4 is 51.7 Å². The Bertz CT molecular complexity index is 1080. The molecule has 4 rings (SSSR count). The molecule has 2 aromatic carbocycles. The van der Waals surface area contributed by atoms with Crippen LogP contribution in [0.5, 0.6) is 5.75 Å². The van der Waals surface area contributed by atoms with Gasteiger partial charge in [0.15, 0.2) is 5.78 Å². The van der Waals surface area contributed by atoms with Gasteiger partial charge in [0.05, 0.1) is 10.9 Å². The van der Waals surface area contributed by atoms with E-state index in [4.69, 9.17) is 32.4 Å². The topological polar surface area (TPSA) is 56.5 Å². The fourth-order valence-electron chi connectivity index (χ4n) is 2.99. The summed E-state index contributed by atoms with van der Waals surface area (Å²) in [5, 5.41) is 1.65. The monoisotopic (exact) mass is 406 g/mol. The SMILES string of the molecule is O=C(COc1ccc(Cl)cc1Cl)C1CSc2ccc3oc(=O)ccc3c21. The van der Waals surface area contributed by atoms with E-state index in [2.05, 4.69) is 0 Å². The van der Waals surface area contributed by atoms with E-state index >= 15 is 0 Å². The van der Waals surface area contributed by atoms with Crippen LogP contribution >= 0.6 is 35.0 Å². The first kappa shape index (κ1) is 17.5. The van der Waals surface area contributed by atoms with Gasteiger partial charge in [0.25, 0.3) is 0 Å². The van der Waals surface area contributed by atoms with Crippen LogP contribution in [0, 0.1) is 0 Å². The van der Waals surface area contributed by atoms with Gasteiger partial charge in [-0.2, -0.15) is 0 Å². The largest absolute Gasteiger partial charge is 0.484 e. The second-order valence-corrected chi connectivity index (χ2v) is 7.74. The minimum atomic E-state index is -0.410. The lowest BCUT2D eigenvalue weighted by Gasteiger charge is -2.13. The molecule has 0 fully saturated rings. The first-order valence-corrected chi connectivity index (χ1v) is 9.57. The van der Waals surface area contributed by atoms with Gasteiger partial charge in [-0.1, -0.05) is 23.2 Å². The molecule has 0 amide bonds. The number of benzene rings is 2. The van der Waals surface area contributed by atoms with Crippen molar-refractivity contribution in [3.8, 4) is 5.75 Å². The summed E-state index contributed by atoms with van der Waals surface area (Å²) in [6, 6.07) is 11.6. The summed E-state index contributed by atoms with van der Waals surface area (Å²) in [6.45, 7) is -0.0980. The van der Waals surface area contributed by atoms with E-state index in [0.29, 0.717) is 27.1 Å². The van der Waals surface area contributed by atoms with E-state index in [1.165, 1.54) is 6.07 Å². The average Bonchev–Trinajstić information content (AvgIpc) is 3.05. The van der Waals surface area contributed by atoms with Crippen LogP contribution in [0.2, 0.25) is 10.0 Å². The molecule has 1 unspecified atom stereocenters. The van der Waals surface area contributed by atoms with Crippen molar-refractivity contribution in [2.24, 2.45) is 0 Å². The first-order chi connectivity index (χ1) is 12.5. The molecular weight excluding hydrogens is 395 g/mol. The molecule has 132 valence electrons. The predicted octanol–water partition coefficient (Wildman–Crippen LogP) is 4.94. The minimum Gasteiger partial charge on any atom is -0.484 e. The van der Waals surface area contributed by atoms with Crippen LogP contribution in [-0.2, 0) is 4.79 Å². The highest BCUT2D eigenvalue weighted by atomic mass is 35.5. The van der Waals surface area contributed by atoms with Gasteiger partial charge in [-0.25, -0.2) is 4.79 Å². The Morgan fingerprint density at radius 1 is 1.19 bits per heavy atom. The molecule has 0 radical (unpaired) electrons. The van der Waals surface area contributed by atoms with Crippen molar-refractivity contribution in [2.45, 2.75) is 10.8 Å². The highest BCUT2D eigenvalue weighted by molar-refractivity contribution is 7.99. The quantitative estimate of drug-likeness (QED) is 0.574. The van der Waals surface area contributed by atoms with E-state index in [1.807, 2.05) is 6.07 Å². The van der Waals surface area contributed by atoms with Gasteiger partial charge in [0.1, 0.15) is 17.9 Å². The zero-order chi connectivity index (χ0) is 18.3. The number of fused-ring (bicyclic) bond motifs is 3. The van der Waals surface area contributed by atoms with Crippen molar-refractivity contribution in [1.82, 2.24) is 0 Å². The van der Waals surface area contributed by atoms with Gasteiger partial charge in [0.2, 0.25) is 0 Å². The number of carbonyl (C=O) groups is 1. The van der Waals surface area contributed by atoms with Crippen LogP contribution in [0.4, 0.5) is 0 Å². The summed E-state index contributed by atoms with van der Waals surface area (Å²) in [7, 11) is 0. The van der Waals surface area contributed by atoms with Crippen molar-refractivity contribution in [3.05, 3.63) is 68.5 Å². The number of rotatable bonds is 4. The fraction of sp³-hybridized carbons (Fsp3) is 0.158. The Balaban J connectivity index is 1.60. The molecule has 4 nitrogen and oxygen atoms in total. The molecule has 1 aromatic heterocycles. The van der Waals surface area contributed by atoms with E-state index in [-0.39, 0.29) is 18.3 Å². The van der Waals surface area contributed by atoms with Gasteiger partial charge in [0, 0.05) is 27.1 Å². The fourth-order valence-corrected chi connectivity index (χ4v) is 4.72. The number of thioether (sulfide) groups is 1. The number of ether oxygens (including phenoxy) is 1. The molecule has 2 heterocycles. The number of halogens is 2. The minimum absolute atomic E-state index is 0.0547. The van der Waals surface area contributed by atoms with Crippen LogP contribution in [-0.4, -0.2) is 18.1 Å². The Kier molecular flexibility index (Phi) is 4.69. The maximum absolute atomic E-state index is 12.8. The third-order valence-corrected chi connectivity index (χ3v) is 5.91. The maximum atomic E-state index is 12.8. The van der Waals surface area contributed by atoms with Gasteiger partial charge in [-0.3, -0.25) is 4.79 Å². The maximum Gasteiger partial charge on any atom is 0.336 e. The third-order valence-electron chi connectivity index (χ3n) is 4.21. The van der Waals surface area contributed by atoms with Gasteiger partial charge in [-0.15, -0.1) is 11.8 Å². The molecule has 1 atom stereocenters. The molecule has 0 aliphatic carbocycles. The van der Waals surface area contributed by atoms with Crippen LogP contribution in [0.3, 0.4) is 0 Å². The molecule has 0 N–H and O–H groups in total. The lowest BCUT2D eigenvalue weighted by molar-refractivity contribution is -0.121. The van der Waals surface area contributed by atoms with E-state index in [1.54, 1.807) is 42.1 Å². The molecule has 0 spiro atoms. The van der Waals surface area contributed by atoms with Crippen LogP contribution in [0.15, 0.2) is 56.6 Å².